The Kier molecular flexibility index (Phi) is 4.21. The zero-order chi connectivity index (χ0) is 16.4. The van der Waals surface area contributed by atoms with E-state index in [-0.39, 0.29) is 11.1 Å². The van der Waals surface area contributed by atoms with E-state index in [4.69, 9.17) is 4.74 Å². The SMILES string of the molecule is COc1cccc(/C=C2\SC(=O)N(c3ccc(C)cc3)C2=O)c1. The number of rotatable bonds is 3. The number of thioether (sulfide) groups is 1. The van der Waals surface area contributed by atoms with E-state index < -0.39 is 0 Å². The second kappa shape index (κ2) is 6.30. The summed E-state index contributed by atoms with van der Waals surface area (Å²) in [4.78, 5) is 26.4. The molecule has 2 aromatic rings. The summed E-state index contributed by atoms with van der Waals surface area (Å²) in [7, 11) is 1.59. The first-order valence-electron chi connectivity index (χ1n) is 7.07. The predicted octanol–water partition coefficient (Wildman–Crippen LogP) is 4.24. The fourth-order valence-corrected chi connectivity index (χ4v) is 3.11. The number of benzene rings is 2. The van der Waals surface area contributed by atoms with E-state index in [1.165, 1.54) is 4.90 Å². The van der Waals surface area contributed by atoms with Crippen molar-refractivity contribution in [2.45, 2.75) is 6.92 Å². The summed E-state index contributed by atoms with van der Waals surface area (Å²) in [6.45, 7) is 1.96. The van der Waals surface area contributed by atoms with Crippen LogP contribution in [0.3, 0.4) is 0 Å². The molecule has 2 aromatic carbocycles. The van der Waals surface area contributed by atoms with Gasteiger partial charge in [-0.15, -0.1) is 0 Å². The van der Waals surface area contributed by atoms with Gasteiger partial charge in [0.1, 0.15) is 5.75 Å². The summed E-state index contributed by atoms with van der Waals surface area (Å²) in [6, 6.07) is 14.7. The van der Waals surface area contributed by atoms with E-state index in [1.54, 1.807) is 25.3 Å². The number of aryl methyl sites for hydroxylation is 1. The van der Waals surface area contributed by atoms with Gasteiger partial charge < -0.3 is 4.74 Å². The zero-order valence-electron chi connectivity index (χ0n) is 12.8. The van der Waals surface area contributed by atoms with Gasteiger partial charge in [-0.2, -0.15) is 0 Å². The van der Waals surface area contributed by atoms with Crippen LogP contribution in [0.15, 0.2) is 53.4 Å². The molecule has 0 radical (unpaired) electrons. The van der Waals surface area contributed by atoms with E-state index in [0.717, 1.165) is 22.9 Å². The van der Waals surface area contributed by atoms with Gasteiger partial charge in [0.25, 0.3) is 11.1 Å². The average Bonchev–Trinajstić information content (AvgIpc) is 2.83. The highest BCUT2D eigenvalue weighted by Gasteiger charge is 2.36. The highest BCUT2D eigenvalue weighted by molar-refractivity contribution is 8.19. The van der Waals surface area contributed by atoms with Crippen molar-refractivity contribution < 1.29 is 14.3 Å². The first kappa shape index (κ1) is 15.4. The van der Waals surface area contributed by atoms with Crippen molar-refractivity contribution in [1.82, 2.24) is 0 Å². The van der Waals surface area contributed by atoms with Crippen LogP contribution < -0.4 is 9.64 Å². The summed E-state index contributed by atoms with van der Waals surface area (Å²) in [5.74, 6) is 0.406. The predicted molar refractivity (Wildman–Crippen MR) is 92.6 cm³/mol. The van der Waals surface area contributed by atoms with E-state index in [2.05, 4.69) is 0 Å². The lowest BCUT2D eigenvalue weighted by atomic mass is 10.2. The number of carbonyl (C=O) groups excluding carboxylic acids is 2. The molecule has 116 valence electrons. The molecule has 1 heterocycles. The molecule has 1 saturated heterocycles. The Bertz CT molecular complexity index is 796. The van der Waals surface area contributed by atoms with Crippen molar-refractivity contribution in [1.29, 1.82) is 0 Å². The molecule has 0 N–H and O–H groups in total. The van der Waals surface area contributed by atoms with Crippen LogP contribution in [0.5, 0.6) is 5.75 Å². The largest absolute Gasteiger partial charge is 0.497 e. The first-order chi connectivity index (χ1) is 11.1. The van der Waals surface area contributed by atoms with Crippen molar-refractivity contribution in [2.24, 2.45) is 0 Å². The molecule has 5 heteroatoms. The van der Waals surface area contributed by atoms with Crippen molar-refractivity contribution in [2.75, 3.05) is 12.0 Å². The number of imide groups is 1. The highest BCUT2D eigenvalue weighted by Crippen LogP contribution is 2.35. The second-order valence-electron chi connectivity index (χ2n) is 5.13. The Morgan fingerprint density at radius 3 is 2.52 bits per heavy atom. The van der Waals surface area contributed by atoms with Crippen molar-refractivity contribution in [3.63, 3.8) is 0 Å². The van der Waals surface area contributed by atoms with Crippen LogP contribution in [0.25, 0.3) is 6.08 Å². The third-order valence-electron chi connectivity index (χ3n) is 3.48. The fourth-order valence-electron chi connectivity index (χ4n) is 2.27. The second-order valence-corrected chi connectivity index (χ2v) is 6.12. The molecule has 3 rings (SSSR count). The van der Waals surface area contributed by atoms with Crippen LogP contribution in [0.1, 0.15) is 11.1 Å². The Morgan fingerprint density at radius 2 is 1.83 bits per heavy atom. The van der Waals surface area contributed by atoms with Gasteiger partial charge in [-0.05, 0) is 54.6 Å². The number of hydrogen-bond acceptors (Lipinski definition) is 4. The lowest BCUT2D eigenvalue weighted by Crippen LogP contribution is -2.27. The summed E-state index contributed by atoms with van der Waals surface area (Å²) in [5, 5.41) is -0.284. The van der Waals surface area contributed by atoms with Gasteiger partial charge in [0, 0.05) is 0 Å². The Hall–Kier alpha value is -2.53. The molecule has 0 aromatic heterocycles. The molecule has 1 aliphatic rings. The molecule has 1 fully saturated rings. The molecule has 0 spiro atoms. The molecular formula is C18H15NO3S. The molecule has 0 aliphatic carbocycles. The van der Waals surface area contributed by atoms with E-state index in [0.29, 0.717) is 16.3 Å². The third kappa shape index (κ3) is 3.14. The minimum atomic E-state index is -0.299. The highest BCUT2D eigenvalue weighted by atomic mass is 32.2. The maximum Gasteiger partial charge on any atom is 0.298 e. The van der Waals surface area contributed by atoms with Gasteiger partial charge in [0.15, 0.2) is 0 Å². The molecule has 0 saturated carbocycles. The Morgan fingerprint density at radius 1 is 1.09 bits per heavy atom. The monoisotopic (exact) mass is 325 g/mol. The number of nitrogens with zero attached hydrogens (tertiary/aromatic N) is 1. The van der Waals surface area contributed by atoms with Crippen molar-refractivity contribution >= 4 is 34.7 Å². The topological polar surface area (TPSA) is 46.6 Å². The standard InChI is InChI=1S/C18H15NO3S/c1-12-6-8-14(9-7-12)19-17(20)16(23-18(19)21)11-13-4-3-5-15(10-13)22-2/h3-11H,1-2H3/b16-11-. The molecule has 0 bridgehead atoms. The fraction of sp³-hybridized carbons (Fsp3) is 0.111. The number of carbonyl (C=O) groups is 2. The van der Waals surface area contributed by atoms with Crippen LogP contribution in [-0.4, -0.2) is 18.3 Å². The summed E-state index contributed by atoms with van der Waals surface area (Å²) in [5.41, 5.74) is 2.48. The molecule has 0 atom stereocenters. The quantitative estimate of drug-likeness (QED) is 0.792. The van der Waals surface area contributed by atoms with Gasteiger partial charge in [-0.1, -0.05) is 29.8 Å². The molecular weight excluding hydrogens is 310 g/mol. The first-order valence-corrected chi connectivity index (χ1v) is 7.89. The van der Waals surface area contributed by atoms with Gasteiger partial charge >= 0.3 is 0 Å². The average molecular weight is 325 g/mol. The van der Waals surface area contributed by atoms with Crippen LogP contribution in [0.2, 0.25) is 0 Å². The van der Waals surface area contributed by atoms with Crippen LogP contribution in [0.4, 0.5) is 10.5 Å². The number of anilines is 1. The number of amides is 2. The maximum absolute atomic E-state index is 12.5. The molecule has 0 unspecified atom stereocenters. The number of hydrogen-bond donors (Lipinski definition) is 0. The van der Waals surface area contributed by atoms with Gasteiger partial charge in [-0.25, -0.2) is 4.90 Å². The van der Waals surface area contributed by atoms with Gasteiger partial charge in [0.2, 0.25) is 0 Å². The normalized spacial score (nSPS) is 16.3. The van der Waals surface area contributed by atoms with Gasteiger partial charge in [-0.3, -0.25) is 9.59 Å². The molecule has 4 nitrogen and oxygen atoms in total. The number of methoxy groups -OCH3 is 1. The third-order valence-corrected chi connectivity index (χ3v) is 4.35. The van der Waals surface area contributed by atoms with Crippen LogP contribution in [-0.2, 0) is 4.79 Å². The van der Waals surface area contributed by atoms with Gasteiger partial charge in [0.05, 0.1) is 17.7 Å². The van der Waals surface area contributed by atoms with Crippen molar-refractivity contribution in [3.8, 4) is 5.75 Å². The molecule has 2 amide bonds. The van der Waals surface area contributed by atoms with Crippen molar-refractivity contribution in [3.05, 3.63) is 64.6 Å². The maximum atomic E-state index is 12.5. The number of ether oxygens (including phenoxy) is 1. The van der Waals surface area contributed by atoms with E-state index in [1.807, 2.05) is 43.3 Å². The summed E-state index contributed by atoms with van der Waals surface area (Å²) < 4.78 is 5.17. The molecule has 23 heavy (non-hydrogen) atoms. The van der Waals surface area contributed by atoms with Crippen LogP contribution in [0, 0.1) is 6.92 Å². The van der Waals surface area contributed by atoms with Crippen LogP contribution >= 0.6 is 11.8 Å². The zero-order valence-corrected chi connectivity index (χ0v) is 13.6. The summed E-state index contributed by atoms with van der Waals surface area (Å²) in [6.07, 6.45) is 1.71. The Labute approximate surface area is 138 Å². The van der Waals surface area contributed by atoms with E-state index >= 15 is 0 Å². The lowest BCUT2D eigenvalue weighted by Gasteiger charge is -2.12. The summed E-state index contributed by atoms with van der Waals surface area (Å²) >= 11 is 0.947. The molecule has 1 aliphatic heterocycles. The smallest absolute Gasteiger partial charge is 0.298 e. The lowest BCUT2D eigenvalue weighted by molar-refractivity contribution is -0.113. The van der Waals surface area contributed by atoms with E-state index in [9.17, 15) is 9.59 Å². The minimum absolute atomic E-state index is 0.284. The Balaban J connectivity index is 1.91. The minimum Gasteiger partial charge on any atom is -0.497 e.